The van der Waals surface area contributed by atoms with Crippen LogP contribution in [0.1, 0.15) is 24.8 Å². The highest BCUT2D eigenvalue weighted by Gasteiger charge is 2.20. The number of likely N-dealkylation sites (tertiary alicyclic amines) is 1. The Morgan fingerprint density at radius 1 is 1.50 bits per heavy atom. The zero-order chi connectivity index (χ0) is 14.5. The van der Waals surface area contributed by atoms with Crippen molar-refractivity contribution in [3.63, 3.8) is 0 Å². The SMILES string of the molecule is Cc1cccc(Cl)c1NC(=O)NCCC1CCCN1C. The molecule has 4 nitrogen and oxygen atoms in total. The number of hydrogen-bond acceptors (Lipinski definition) is 2. The number of anilines is 1. The average molecular weight is 296 g/mol. The maximum atomic E-state index is 11.9. The molecule has 1 aromatic rings. The number of amides is 2. The van der Waals surface area contributed by atoms with Gasteiger partial charge in [-0.1, -0.05) is 23.7 Å². The monoisotopic (exact) mass is 295 g/mol. The number of nitrogens with zero attached hydrogens (tertiary/aromatic N) is 1. The van der Waals surface area contributed by atoms with Gasteiger partial charge in [-0.15, -0.1) is 0 Å². The lowest BCUT2D eigenvalue weighted by Gasteiger charge is -2.19. The van der Waals surface area contributed by atoms with E-state index in [9.17, 15) is 4.79 Å². The third-order valence-electron chi connectivity index (χ3n) is 3.90. The van der Waals surface area contributed by atoms with E-state index >= 15 is 0 Å². The summed E-state index contributed by atoms with van der Waals surface area (Å²) in [6.45, 7) is 3.77. The highest BCUT2D eigenvalue weighted by molar-refractivity contribution is 6.33. The molecule has 110 valence electrons. The normalized spacial score (nSPS) is 19.1. The molecule has 1 saturated heterocycles. The summed E-state index contributed by atoms with van der Waals surface area (Å²) in [5.41, 5.74) is 1.65. The molecule has 1 unspecified atom stereocenters. The number of carbonyl (C=O) groups excluding carboxylic acids is 1. The number of carbonyl (C=O) groups is 1. The van der Waals surface area contributed by atoms with Gasteiger partial charge in [-0.3, -0.25) is 0 Å². The van der Waals surface area contributed by atoms with E-state index in [1.165, 1.54) is 12.8 Å². The van der Waals surface area contributed by atoms with Crippen LogP contribution in [-0.4, -0.2) is 37.1 Å². The topological polar surface area (TPSA) is 44.4 Å². The Balaban J connectivity index is 1.78. The van der Waals surface area contributed by atoms with Crippen molar-refractivity contribution in [3.05, 3.63) is 28.8 Å². The molecule has 0 aromatic heterocycles. The zero-order valence-electron chi connectivity index (χ0n) is 12.1. The smallest absolute Gasteiger partial charge is 0.319 e. The minimum atomic E-state index is -0.193. The molecular formula is C15H22ClN3O. The number of rotatable bonds is 4. The Morgan fingerprint density at radius 3 is 2.95 bits per heavy atom. The first-order chi connectivity index (χ1) is 9.58. The second-order valence-corrected chi connectivity index (χ2v) is 5.79. The third-order valence-corrected chi connectivity index (χ3v) is 4.21. The van der Waals surface area contributed by atoms with Crippen LogP contribution < -0.4 is 10.6 Å². The first-order valence-corrected chi connectivity index (χ1v) is 7.46. The number of hydrogen-bond donors (Lipinski definition) is 2. The molecular weight excluding hydrogens is 274 g/mol. The van der Waals surface area contributed by atoms with Crippen LogP contribution in [0.2, 0.25) is 5.02 Å². The zero-order valence-corrected chi connectivity index (χ0v) is 12.8. The second kappa shape index (κ2) is 6.95. The molecule has 1 heterocycles. The Labute approximate surface area is 125 Å². The van der Waals surface area contributed by atoms with Gasteiger partial charge in [-0.25, -0.2) is 4.79 Å². The van der Waals surface area contributed by atoms with E-state index in [1.54, 1.807) is 6.07 Å². The lowest BCUT2D eigenvalue weighted by Crippen LogP contribution is -2.34. The fraction of sp³-hybridized carbons (Fsp3) is 0.533. The van der Waals surface area contributed by atoms with Gasteiger partial charge in [0, 0.05) is 12.6 Å². The lowest BCUT2D eigenvalue weighted by molar-refractivity contribution is 0.248. The van der Waals surface area contributed by atoms with Gasteiger partial charge < -0.3 is 15.5 Å². The highest BCUT2D eigenvalue weighted by Crippen LogP contribution is 2.25. The summed E-state index contributed by atoms with van der Waals surface area (Å²) in [5, 5.41) is 6.28. The standard InChI is InChI=1S/C15H22ClN3O/c1-11-5-3-7-13(16)14(11)18-15(20)17-9-8-12-6-4-10-19(12)2/h3,5,7,12H,4,6,8-10H2,1-2H3,(H2,17,18,20). The third kappa shape index (κ3) is 3.87. The first-order valence-electron chi connectivity index (χ1n) is 7.08. The van der Waals surface area contributed by atoms with Crippen LogP contribution in [0, 0.1) is 6.92 Å². The van der Waals surface area contributed by atoms with E-state index in [-0.39, 0.29) is 6.03 Å². The average Bonchev–Trinajstić information content (AvgIpc) is 2.80. The predicted molar refractivity (Wildman–Crippen MR) is 83.5 cm³/mol. The van der Waals surface area contributed by atoms with Crippen molar-refractivity contribution in [2.45, 2.75) is 32.2 Å². The molecule has 0 bridgehead atoms. The Kier molecular flexibility index (Phi) is 5.26. The fourth-order valence-electron chi connectivity index (χ4n) is 2.64. The molecule has 2 rings (SSSR count). The number of nitrogens with one attached hydrogen (secondary N) is 2. The van der Waals surface area contributed by atoms with Crippen molar-refractivity contribution < 1.29 is 4.79 Å². The van der Waals surface area contributed by atoms with E-state index in [0.29, 0.717) is 23.3 Å². The van der Waals surface area contributed by atoms with Crippen LogP contribution in [0.4, 0.5) is 10.5 Å². The van der Waals surface area contributed by atoms with Crippen molar-refractivity contribution in [3.8, 4) is 0 Å². The molecule has 20 heavy (non-hydrogen) atoms. The summed E-state index contributed by atoms with van der Waals surface area (Å²) >= 11 is 6.08. The molecule has 1 atom stereocenters. The Bertz CT molecular complexity index is 458. The van der Waals surface area contributed by atoms with E-state index in [2.05, 4.69) is 22.6 Å². The summed E-state index contributed by atoms with van der Waals surface area (Å²) in [7, 11) is 2.14. The van der Waals surface area contributed by atoms with Crippen molar-refractivity contribution in [2.24, 2.45) is 0 Å². The van der Waals surface area contributed by atoms with Crippen molar-refractivity contribution >= 4 is 23.3 Å². The summed E-state index contributed by atoms with van der Waals surface area (Å²) < 4.78 is 0. The number of benzene rings is 1. The van der Waals surface area contributed by atoms with Gasteiger partial charge in [0.2, 0.25) is 0 Å². The van der Waals surface area contributed by atoms with Gasteiger partial charge in [-0.05, 0) is 51.4 Å². The fourth-order valence-corrected chi connectivity index (χ4v) is 2.91. The molecule has 1 aromatic carbocycles. The van der Waals surface area contributed by atoms with Crippen molar-refractivity contribution in [1.82, 2.24) is 10.2 Å². The molecule has 0 saturated carbocycles. The number of para-hydroxylation sites is 1. The molecule has 0 spiro atoms. The lowest BCUT2D eigenvalue weighted by atomic mass is 10.1. The number of halogens is 1. The van der Waals surface area contributed by atoms with Crippen LogP contribution in [0.5, 0.6) is 0 Å². The van der Waals surface area contributed by atoms with Gasteiger partial charge in [0.25, 0.3) is 0 Å². The second-order valence-electron chi connectivity index (χ2n) is 5.38. The maximum absolute atomic E-state index is 11.9. The summed E-state index contributed by atoms with van der Waals surface area (Å²) in [5.74, 6) is 0. The molecule has 0 radical (unpaired) electrons. The van der Waals surface area contributed by atoms with Gasteiger partial charge in [-0.2, -0.15) is 0 Å². The van der Waals surface area contributed by atoms with Gasteiger partial charge in [0.05, 0.1) is 10.7 Å². The molecule has 2 amide bonds. The highest BCUT2D eigenvalue weighted by atomic mass is 35.5. The van der Waals surface area contributed by atoms with Gasteiger partial charge in [0.1, 0.15) is 0 Å². The van der Waals surface area contributed by atoms with E-state index in [4.69, 9.17) is 11.6 Å². The minimum Gasteiger partial charge on any atom is -0.338 e. The van der Waals surface area contributed by atoms with Crippen LogP contribution in [0.25, 0.3) is 0 Å². The van der Waals surface area contributed by atoms with Crippen LogP contribution in [0.3, 0.4) is 0 Å². The number of urea groups is 1. The van der Waals surface area contributed by atoms with Crippen LogP contribution in [0.15, 0.2) is 18.2 Å². The Hall–Kier alpha value is -1.26. The van der Waals surface area contributed by atoms with E-state index in [0.717, 1.165) is 18.5 Å². The first kappa shape index (κ1) is 15.1. The summed E-state index contributed by atoms with van der Waals surface area (Å²) in [6, 6.07) is 5.97. The summed E-state index contributed by atoms with van der Waals surface area (Å²) in [6.07, 6.45) is 3.47. The van der Waals surface area contributed by atoms with Crippen LogP contribution >= 0.6 is 11.6 Å². The van der Waals surface area contributed by atoms with E-state index < -0.39 is 0 Å². The molecule has 5 heteroatoms. The van der Waals surface area contributed by atoms with Gasteiger partial charge >= 0.3 is 6.03 Å². The molecule has 1 aliphatic heterocycles. The van der Waals surface area contributed by atoms with Crippen molar-refractivity contribution in [2.75, 3.05) is 25.5 Å². The van der Waals surface area contributed by atoms with E-state index in [1.807, 2.05) is 19.1 Å². The predicted octanol–water partition coefficient (Wildman–Crippen LogP) is 3.25. The molecule has 2 N–H and O–H groups in total. The molecule has 1 aliphatic rings. The number of aryl methyl sites for hydroxylation is 1. The Morgan fingerprint density at radius 2 is 2.30 bits per heavy atom. The van der Waals surface area contributed by atoms with Crippen molar-refractivity contribution in [1.29, 1.82) is 0 Å². The molecule has 1 fully saturated rings. The minimum absolute atomic E-state index is 0.193. The maximum Gasteiger partial charge on any atom is 0.319 e. The quantitative estimate of drug-likeness (QED) is 0.895. The summed E-state index contributed by atoms with van der Waals surface area (Å²) in [4.78, 5) is 14.2. The van der Waals surface area contributed by atoms with Gasteiger partial charge in [0.15, 0.2) is 0 Å². The molecule has 0 aliphatic carbocycles. The largest absolute Gasteiger partial charge is 0.338 e. The van der Waals surface area contributed by atoms with Crippen LogP contribution in [-0.2, 0) is 0 Å².